The lowest BCUT2D eigenvalue weighted by atomic mass is 10.4. The zero-order chi connectivity index (χ0) is 8.36. The third kappa shape index (κ3) is 3.80. The molecule has 0 saturated heterocycles. The van der Waals surface area contributed by atoms with Gasteiger partial charge in [0, 0.05) is 0 Å². The Bertz CT molecular complexity index is 133. The molecule has 0 aliphatic carbocycles. The first-order chi connectivity index (χ1) is 4.34. The Hall–Kier alpha value is -0.140. The van der Waals surface area contributed by atoms with Crippen LogP contribution in [-0.2, 0) is 15.5 Å². The predicted octanol–water partition coefficient (Wildman–Crippen LogP) is 1.09. The van der Waals surface area contributed by atoms with Gasteiger partial charge in [0.1, 0.15) is 0 Å². The summed E-state index contributed by atoms with van der Waals surface area (Å²) in [6.07, 6.45) is -6.79. The highest BCUT2D eigenvalue weighted by molar-refractivity contribution is 7.74. The van der Waals surface area contributed by atoms with Crippen LogP contribution in [-0.4, -0.2) is 21.0 Å². The molecule has 0 aromatic carbocycles. The number of rotatable bonds is 2. The molecule has 62 valence electrons. The van der Waals surface area contributed by atoms with Crippen LogP contribution in [0.5, 0.6) is 0 Å². The number of hydrogen-bond donors (Lipinski definition) is 1. The molecule has 7 heteroatoms. The Morgan fingerprint density at radius 1 is 1.60 bits per heavy atom. The van der Waals surface area contributed by atoms with Gasteiger partial charge in [-0.3, -0.25) is 8.74 Å². The van der Waals surface area contributed by atoms with Crippen LogP contribution in [0.1, 0.15) is 6.92 Å². The third-order valence-corrected chi connectivity index (χ3v) is 1.14. The van der Waals surface area contributed by atoms with Gasteiger partial charge in [0.2, 0.25) is 0 Å². The molecule has 0 radical (unpaired) electrons. The Morgan fingerprint density at radius 3 is 2.10 bits per heavy atom. The molecule has 0 aromatic rings. The van der Waals surface area contributed by atoms with E-state index in [4.69, 9.17) is 4.55 Å². The molecule has 0 saturated carbocycles. The van der Waals surface area contributed by atoms with E-state index in [-0.39, 0.29) is 0 Å². The van der Waals surface area contributed by atoms with Crippen molar-refractivity contribution in [2.75, 3.05) is 0 Å². The summed E-state index contributed by atoms with van der Waals surface area (Å²) in [6.45, 7) is 0.647. The van der Waals surface area contributed by atoms with Crippen molar-refractivity contribution in [3.63, 3.8) is 0 Å². The maximum atomic E-state index is 11.4. The predicted molar refractivity (Wildman–Crippen MR) is 27.4 cm³/mol. The maximum absolute atomic E-state index is 11.4. The van der Waals surface area contributed by atoms with Gasteiger partial charge < -0.3 is 0 Å². The lowest BCUT2D eigenvalue weighted by molar-refractivity contribution is -0.188. The summed E-state index contributed by atoms with van der Waals surface area (Å²) >= 11 is -2.86. The van der Waals surface area contributed by atoms with Crippen molar-refractivity contribution >= 4 is 11.4 Å². The molecule has 0 aromatic heterocycles. The molecule has 2 unspecified atom stereocenters. The summed E-state index contributed by atoms with van der Waals surface area (Å²) in [6, 6.07) is 0. The molecule has 0 heterocycles. The quantitative estimate of drug-likeness (QED) is 0.644. The van der Waals surface area contributed by atoms with Gasteiger partial charge in [0.15, 0.2) is 6.10 Å². The number of alkyl halides is 3. The Labute approximate surface area is 57.7 Å². The normalized spacial score (nSPS) is 18.5. The second kappa shape index (κ2) is 3.31. The van der Waals surface area contributed by atoms with Crippen LogP contribution in [0, 0.1) is 0 Å². The average molecular weight is 178 g/mol. The van der Waals surface area contributed by atoms with E-state index in [9.17, 15) is 17.4 Å². The fourth-order valence-corrected chi connectivity index (χ4v) is 0.534. The topological polar surface area (TPSA) is 46.5 Å². The first kappa shape index (κ1) is 9.86. The minimum absolute atomic E-state index is 0.647. The van der Waals surface area contributed by atoms with Gasteiger partial charge in [-0.2, -0.15) is 17.4 Å². The first-order valence-corrected chi connectivity index (χ1v) is 3.22. The molecule has 0 bridgehead atoms. The lowest BCUT2D eigenvalue weighted by Gasteiger charge is -2.12. The van der Waals surface area contributed by atoms with Crippen molar-refractivity contribution in [3.8, 4) is 0 Å². The van der Waals surface area contributed by atoms with Crippen molar-refractivity contribution in [1.82, 2.24) is 0 Å². The molecule has 0 fully saturated rings. The van der Waals surface area contributed by atoms with Crippen molar-refractivity contribution in [1.29, 1.82) is 0 Å². The summed E-state index contributed by atoms with van der Waals surface area (Å²) in [7, 11) is 0. The zero-order valence-electron chi connectivity index (χ0n) is 4.88. The summed E-state index contributed by atoms with van der Waals surface area (Å²) in [4.78, 5) is 0. The van der Waals surface area contributed by atoms with E-state index in [1.54, 1.807) is 0 Å². The van der Waals surface area contributed by atoms with E-state index in [0.717, 1.165) is 0 Å². The monoisotopic (exact) mass is 178 g/mol. The molecular weight excluding hydrogens is 173 g/mol. The summed E-state index contributed by atoms with van der Waals surface area (Å²) in [5.41, 5.74) is 0. The molecule has 10 heavy (non-hydrogen) atoms. The molecule has 0 amide bonds. The highest BCUT2D eigenvalue weighted by Crippen LogP contribution is 2.22. The summed E-state index contributed by atoms with van der Waals surface area (Å²) in [5.74, 6) is 0. The van der Waals surface area contributed by atoms with Crippen LogP contribution in [0.4, 0.5) is 13.2 Å². The minimum atomic E-state index is -4.58. The Balaban J connectivity index is 3.85. The summed E-state index contributed by atoms with van der Waals surface area (Å²) in [5, 5.41) is 0. The number of halogens is 3. The van der Waals surface area contributed by atoms with E-state index in [0.29, 0.717) is 6.92 Å². The lowest BCUT2D eigenvalue weighted by Crippen LogP contribution is -2.28. The van der Waals surface area contributed by atoms with Crippen LogP contribution >= 0.6 is 0 Å². The second-order valence-corrected chi connectivity index (χ2v) is 2.12. The fourth-order valence-electron chi connectivity index (χ4n) is 0.178. The Morgan fingerprint density at radius 2 is 2.00 bits per heavy atom. The van der Waals surface area contributed by atoms with Crippen molar-refractivity contribution in [3.05, 3.63) is 0 Å². The van der Waals surface area contributed by atoms with Crippen molar-refractivity contribution in [2.24, 2.45) is 0 Å². The van der Waals surface area contributed by atoms with Gasteiger partial charge in [-0.05, 0) is 6.92 Å². The van der Waals surface area contributed by atoms with Gasteiger partial charge in [0.05, 0.1) is 0 Å². The number of hydrogen-bond acceptors (Lipinski definition) is 2. The van der Waals surface area contributed by atoms with Gasteiger partial charge >= 0.3 is 17.5 Å². The van der Waals surface area contributed by atoms with E-state index in [1.807, 2.05) is 0 Å². The summed E-state index contributed by atoms with van der Waals surface area (Å²) < 4.78 is 55.3. The Kier molecular flexibility index (Phi) is 3.26. The molecule has 0 aliphatic rings. The zero-order valence-corrected chi connectivity index (χ0v) is 5.70. The minimum Gasteiger partial charge on any atom is -0.284 e. The van der Waals surface area contributed by atoms with Crippen molar-refractivity contribution in [2.45, 2.75) is 19.2 Å². The smallest absolute Gasteiger partial charge is 0.284 e. The first-order valence-electron chi connectivity index (χ1n) is 2.18. The third-order valence-electron chi connectivity index (χ3n) is 0.688. The molecule has 1 N–H and O–H groups in total. The van der Waals surface area contributed by atoms with Gasteiger partial charge in [-0.1, -0.05) is 0 Å². The van der Waals surface area contributed by atoms with E-state index >= 15 is 0 Å². The standard InChI is InChI=1S/C3H5F3O3S/c1-2(3(4,5)6)9-10(7)8/h2H,1H3,(H,7,8). The SMILES string of the molecule is CC(OS(=O)O)C(F)(F)F. The molecular formula is C3H5F3O3S. The van der Waals surface area contributed by atoms with Gasteiger partial charge in [-0.15, -0.1) is 0 Å². The van der Waals surface area contributed by atoms with Crippen LogP contribution in [0.15, 0.2) is 0 Å². The van der Waals surface area contributed by atoms with Crippen LogP contribution in [0.3, 0.4) is 0 Å². The fraction of sp³-hybridized carbons (Fsp3) is 1.00. The highest BCUT2D eigenvalue weighted by Gasteiger charge is 2.38. The molecule has 0 aliphatic heterocycles. The van der Waals surface area contributed by atoms with Gasteiger partial charge in [0.25, 0.3) is 0 Å². The van der Waals surface area contributed by atoms with Gasteiger partial charge in [-0.25, -0.2) is 0 Å². The molecule has 2 atom stereocenters. The largest absolute Gasteiger partial charge is 0.415 e. The van der Waals surface area contributed by atoms with Crippen molar-refractivity contribution < 1.29 is 26.1 Å². The van der Waals surface area contributed by atoms with Crippen LogP contribution in [0.2, 0.25) is 0 Å². The average Bonchev–Trinajstić information content (AvgIpc) is 1.60. The van der Waals surface area contributed by atoms with E-state index in [2.05, 4.69) is 4.18 Å². The van der Waals surface area contributed by atoms with E-state index < -0.39 is 23.6 Å². The maximum Gasteiger partial charge on any atom is 0.415 e. The second-order valence-electron chi connectivity index (χ2n) is 1.50. The highest BCUT2D eigenvalue weighted by atomic mass is 32.2. The van der Waals surface area contributed by atoms with E-state index in [1.165, 1.54) is 0 Å². The molecule has 3 nitrogen and oxygen atoms in total. The molecule has 0 spiro atoms. The van der Waals surface area contributed by atoms with Crippen LogP contribution in [0.25, 0.3) is 0 Å². The molecule has 0 rings (SSSR count). The van der Waals surface area contributed by atoms with Crippen LogP contribution < -0.4 is 0 Å².